The number of aromatic nitrogens is 5. The number of pyridine rings is 1. The number of hydrazine groups is 1. The van der Waals surface area contributed by atoms with Gasteiger partial charge in [0.15, 0.2) is 11.6 Å². The summed E-state index contributed by atoms with van der Waals surface area (Å²) in [5.74, 6) is 5.88. The van der Waals surface area contributed by atoms with Crippen LogP contribution in [0.2, 0.25) is 0 Å². The third-order valence-corrected chi connectivity index (χ3v) is 8.83. The first-order valence-electron chi connectivity index (χ1n) is 16.3. The predicted octanol–water partition coefficient (Wildman–Crippen LogP) is 6.99. The van der Waals surface area contributed by atoms with Gasteiger partial charge in [0.05, 0.1) is 12.1 Å². The molecule has 2 aromatic carbocycles. The molecule has 0 fully saturated rings. The second kappa shape index (κ2) is 14.7. The monoisotopic (exact) mass is 636 g/mol. The van der Waals surface area contributed by atoms with Crippen LogP contribution in [-0.4, -0.2) is 35.5 Å². The van der Waals surface area contributed by atoms with E-state index in [9.17, 15) is 4.79 Å². The van der Waals surface area contributed by atoms with Gasteiger partial charge in [-0.05, 0) is 66.6 Å². The quantitative estimate of drug-likeness (QED) is 0.0489. The van der Waals surface area contributed by atoms with Crippen LogP contribution in [0.4, 0.5) is 4.39 Å². The van der Waals surface area contributed by atoms with Gasteiger partial charge in [0, 0.05) is 53.2 Å². The number of nitrogens with two attached hydrogens (primary N) is 2. The van der Waals surface area contributed by atoms with Crippen LogP contribution in [-0.2, 0) is 26.4 Å². The van der Waals surface area contributed by atoms with Crippen molar-refractivity contribution in [2.45, 2.75) is 72.3 Å². The van der Waals surface area contributed by atoms with E-state index in [-0.39, 0.29) is 23.1 Å². The van der Waals surface area contributed by atoms with E-state index in [1.807, 2.05) is 6.07 Å². The smallest absolute Gasteiger partial charge is 0.196 e. The van der Waals surface area contributed by atoms with Crippen molar-refractivity contribution in [1.82, 2.24) is 29.7 Å². The molecular formula is C37H45FN8O. The van der Waals surface area contributed by atoms with Crippen LogP contribution in [0.1, 0.15) is 85.5 Å². The maximum atomic E-state index is 15.7. The number of rotatable bonds is 15. The first-order chi connectivity index (χ1) is 22.6. The lowest BCUT2D eigenvalue weighted by molar-refractivity contribution is 0.103. The number of hydrogen-bond acceptors (Lipinski definition) is 7. The molecule has 5 rings (SSSR count). The molecule has 0 aliphatic carbocycles. The van der Waals surface area contributed by atoms with E-state index < -0.39 is 11.6 Å². The van der Waals surface area contributed by atoms with E-state index in [0.717, 1.165) is 44.9 Å². The number of carbonyl (C=O) groups is 1. The molecular weight excluding hydrogens is 591 g/mol. The molecule has 0 saturated heterocycles. The molecule has 0 aliphatic rings. The van der Waals surface area contributed by atoms with Gasteiger partial charge in [0.25, 0.3) is 0 Å². The molecule has 0 spiro atoms. The average molecular weight is 637 g/mol. The van der Waals surface area contributed by atoms with Crippen LogP contribution < -0.4 is 11.6 Å². The molecule has 0 aliphatic heterocycles. The van der Waals surface area contributed by atoms with E-state index in [1.165, 1.54) is 34.7 Å². The average Bonchev–Trinajstić information content (AvgIpc) is 3.70. The van der Waals surface area contributed by atoms with Crippen LogP contribution in [0.25, 0.3) is 22.4 Å². The van der Waals surface area contributed by atoms with Gasteiger partial charge in [-0.3, -0.25) is 9.78 Å². The third kappa shape index (κ3) is 7.94. The molecule has 0 atom stereocenters. The molecule has 0 bridgehead atoms. The summed E-state index contributed by atoms with van der Waals surface area (Å²) in [4.78, 5) is 25.5. The minimum absolute atomic E-state index is 0.0471. The number of aryl methyl sites for hydroxylation is 3. The fourth-order valence-electron chi connectivity index (χ4n) is 6.05. The van der Waals surface area contributed by atoms with Gasteiger partial charge < -0.3 is 15.7 Å². The molecule has 0 saturated carbocycles. The Balaban J connectivity index is 1.28. The Labute approximate surface area is 275 Å². The highest BCUT2D eigenvalue weighted by molar-refractivity contribution is 6.12. The van der Waals surface area contributed by atoms with Crippen molar-refractivity contribution in [2.24, 2.45) is 24.0 Å². The van der Waals surface area contributed by atoms with E-state index in [0.29, 0.717) is 33.7 Å². The standard InChI is InChI=1S/C37H45FN8O/c1-5-10-25-12-9-13-26(19-25)11-7-6-8-16-37(2,3)33(39)23-46(40)22-29-28-15-18-41-31(28)21-30(38)34(29)35(47)27-14-17-42-32(20-27)36-43-24-44-45(36)4/h9,12-15,17-21,23-24,41H,5-8,10-11,16,22,39-40H2,1-4H3/b33-23-. The van der Waals surface area contributed by atoms with Gasteiger partial charge >= 0.3 is 0 Å². The minimum Gasteiger partial charge on any atom is -0.400 e. The second-order valence-electron chi connectivity index (χ2n) is 12.9. The lowest BCUT2D eigenvalue weighted by Crippen LogP contribution is -2.31. The van der Waals surface area contributed by atoms with Gasteiger partial charge in [-0.2, -0.15) is 5.10 Å². The first-order valence-corrected chi connectivity index (χ1v) is 16.3. The molecule has 47 heavy (non-hydrogen) atoms. The van der Waals surface area contributed by atoms with Gasteiger partial charge in [-0.1, -0.05) is 64.3 Å². The number of H-pyrrole nitrogens is 1. The van der Waals surface area contributed by atoms with Crippen molar-refractivity contribution in [2.75, 3.05) is 0 Å². The summed E-state index contributed by atoms with van der Waals surface area (Å²) in [5, 5.41) is 6.23. The Morgan fingerprint density at radius 3 is 2.60 bits per heavy atom. The van der Waals surface area contributed by atoms with Crippen molar-refractivity contribution in [1.29, 1.82) is 0 Å². The fourth-order valence-corrected chi connectivity index (χ4v) is 6.05. The summed E-state index contributed by atoms with van der Waals surface area (Å²) in [6.45, 7) is 6.50. The zero-order valence-electron chi connectivity index (χ0n) is 27.8. The predicted molar refractivity (Wildman–Crippen MR) is 184 cm³/mol. The highest BCUT2D eigenvalue weighted by Gasteiger charge is 2.25. The van der Waals surface area contributed by atoms with Crippen LogP contribution in [0.3, 0.4) is 0 Å². The molecule has 0 radical (unpaired) electrons. The lowest BCUT2D eigenvalue weighted by atomic mass is 9.83. The summed E-state index contributed by atoms with van der Waals surface area (Å²) < 4.78 is 17.3. The number of allylic oxidation sites excluding steroid dienone is 1. The number of hydrogen-bond donors (Lipinski definition) is 3. The summed E-state index contributed by atoms with van der Waals surface area (Å²) in [6, 6.07) is 15.2. The summed E-state index contributed by atoms with van der Waals surface area (Å²) in [7, 11) is 1.74. The number of ketones is 1. The number of benzene rings is 2. The topological polar surface area (TPSA) is 132 Å². The molecule has 0 amide bonds. The van der Waals surface area contributed by atoms with Gasteiger partial charge in [0.1, 0.15) is 17.8 Å². The van der Waals surface area contributed by atoms with Gasteiger partial charge in [0.2, 0.25) is 0 Å². The molecule has 3 aromatic heterocycles. The zero-order valence-corrected chi connectivity index (χ0v) is 27.8. The molecule has 10 heteroatoms. The molecule has 5 aromatic rings. The van der Waals surface area contributed by atoms with E-state index in [2.05, 4.69) is 65.1 Å². The number of nitrogens with one attached hydrogen (secondary N) is 1. The lowest BCUT2D eigenvalue weighted by Gasteiger charge is -2.27. The van der Waals surface area contributed by atoms with Crippen LogP contribution >= 0.6 is 0 Å². The van der Waals surface area contributed by atoms with E-state index in [1.54, 1.807) is 36.3 Å². The van der Waals surface area contributed by atoms with Crippen LogP contribution in [0.5, 0.6) is 0 Å². The highest BCUT2D eigenvalue weighted by Crippen LogP contribution is 2.32. The molecule has 0 unspecified atom stereocenters. The van der Waals surface area contributed by atoms with E-state index >= 15 is 4.39 Å². The Hall–Kier alpha value is -4.83. The third-order valence-electron chi connectivity index (χ3n) is 8.83. The number of unbranched alkanes of at least 4 members (excludes halogenated alkanes) is 2. The maximum absolute atomic E-state index is 15.7. The highest BCUT2D eigenvalue weighted by atomic mass is 19.1. The number of aromatic amines is 1. The largest absolute Gasteiger partial charge is 0.400 e. The minimum atomic E-state index is -0.639. The van der Waals surface area contributed by atoms with Crippen LogP contribution in [0.15, 0.2) is 79.1 Å². The summed E-state index contributed by atoms with van der Waals surface area (Å²) >= 11 is 0. The van der Waals surface area contributed by atoms with Gasteiger partial charge in [-0.15, -0.1) is 0 Å². The normalized spacial score (nSPS) is 12.2. The molecule has 3 heterocycles. The maximum Gasteiger partial charge on any atom is 0.196 e. The Morgan fingerprint density at radius 1 is 1.06 bits per heavy atom. The van der Waals surface area contributed by atoms with Crippen LogP contribution in [0, 0.1) is 11.2 Å². The summed E-state index contributed by atoms with van der Waals surface area (Å²) in [5.41, 5.74) is 11.5. The number of halogens is 1. The molecule has 9 nitrogen and oxygen atoms in total. The SMILES string of the molecule is CCCc1cccc(CCCCCC(C)(C)/C(N)=C/N(N)Cc2c(C(=O)c3ccnc(-c4ncnn4C)c3)c(F)cc3[nH]ccc23)c1. The van der Waals surface area contributed by atoms with Gasteiger partial charge in [-0.25, -0.2) is 19.9 Å². The van der Waals surface area contributed by atoms with Crippen molar-refractivity contribution in [3.8, 4) is 11.5 Å². The number of nitrogens with zero attached hydrogens (tertiary/aromatic N) is 5. The van der Waals surface area contributed by atoms with Crippen molar-refractivity contribution in [3.63, 3.8) is 0 Å². The first kappa shape index (κ1) is 33.5. The Bertz CT molecular complexity index is 1870. The second-order valence-corrected chi connectivity index (χ2v) is 12.9. The van der Waals surface area contributed by atoms with E-state index in [4.69, 9.17) is 11.6 Å². The van der Waals surface area contributed by atoms with Crippen molar-refractivity contribution < 1.29 is 9.18 Å². The number of carbonyl (C=O) groups excluding carboxylic acids is 1. The number of fused-ring (bicyclic) bond motifs is 1. The van der Waals surface area contributed by atoms with Crippen molar-refractivity contribution in [3.05, 3.63) is 113 Å². The molecule has 246 valence electrons. The van der Waals surface area contributed by atoms with Crippen molar-refractivity contribution >= 4 is 16.7 Å². The zero-order chi connectivity index (χ0) is 33.6. The molecule has 5 N–H and O–H groups in total. The Morgan fingerprint density at radius 2 is 1.85 bits per heavy atom. The summed E-state index contributed by atoms with van der Waals surface area (Å²) in [6.07, 6.45) is 13.9. The Kier molecular flexibility index (Phi) is 10.5. The fraction of sp³-hybridized carbons (Fsp3) is 0.351.